The van der Waals surface area contributed by atoms with E-state index in [0.29, 0.717) is 0 Å². The predicted octanol–water partition coefficient (Wildman–Crippen LogP) is 1.84. The van der Waals surface area contributed by atoms with Crippen molar-refractivity contribution in [3.05, 3.63) is 40.8 Å². The molecule has 0 saturated carbocycles. The zero-order valence-corrected chi connectivity index (χ0v) is 15.3. The molecule has 2 heterocycles. The van der Waals surface area contributed by atoms with Gasteiger partial charge in [0.15, 0.2) is 9.84 Å². The third kappa shape index (κ3) is 4.26. The number of amides is 2. The number of cyclic esters (lactones) is 1. The smallest absolute Gasteiger partial charge is 0.414 e. The number of halogens is 2. The molecule has 146 valence electrons. The van der Waals surface area contributed by atoms with Crippen molar-refractivity contribution in [1.29, 1.82) is 0 Å². The van der Waals surface area contributed by atoms with Gasteiger partial charge in [0.2, 0.25) is 5.91 Å². The molecule has 2 atom stereocenters. The van der Waals surface area contributed by atoms with Crippen LogP contribution in [0.5, 0.6) is 0 Å². The Hall–Kier alpha value is -2.49. The van der Waals surface area contributed by atoms with Gasteiger partial charge < -0.3 is 10.1 Å². The highest BCUT2D eigenvalue weighted by atomic mass is 32.2. The van der Waals surface area contributed by atoms with Crippen LogP contribution < -0.4 is 10.2 Å². The Morgan fingerprint density at radius 3 is 2.56 bits per heavy atom. The number of hydrogen-bond acceptors (Lipinski definition) is 5. The van der Waals surface area contributed by atoms with Crippen LogP contribution in [0.1, 0.15) is 24.8 Å². The minimum atomic E-state index is -3.32. The molecule has 27 heavy (non-hydrogen) atoms. The highest BCUT2D eigenvalue weighted by Gasteiger charge is 2.34. The van der Waals surface area contributed by atoms with Crippen LogP contribution in [-0.4, -0.2) is 45.4 Å². The van der Waals surface area contributed by atoms with Crippen molar-refractivity contribution >= 4 is 27.5 Å². The SMILES string of the molecule is CC(=O)NC[C@H]1CN(c2cc(F)c(C3C=CS(=O)(=O)CC3)c(F)c2)C(=O)O1. The molecule has 1 unspecified atom stereocenters. The van der Waals surface area contributed by atoms with Gasteiger partial charge in [-0.2, -0.15) is 0 Å². The minimum Gasteiger partial charge on any atom is -0.442 e. The summed E-state index contributed by atoms with van der Waals surface area (Å²) in [6.45, 7) is 1.46. The van der Waals surface area contributed by atoms with E-state index in [2.05, 4.69) is 5.32 Å². The highest BCUT2D eigenvalue weighted by molar-refractivity contribution is 7.94. The van der Waals surface area contributed by atoms with E-state index in [9.17, 15) is 26.8 Å². The highest BCUT2D eigenvalue weighted by Crippen LogP contribution is 2.34. The van der Waals surface area contributed by atoms with Crippen molar-refractivity contribution in [2.45, 2.75) is 25.4 Å². The lowest BCUT2D eigenvalue weighted by atomic mass is 9.95. The Bertz CT molecular complexity index is 893. The van der Waals surface area contributed by atoms with Gasteiger partial charge in [-0.15, -0.1) is 0 Å². The molecule has 2 amide bonds. The van der Waals surface area contributed by atoms with Crippen molar-refractivity contribution < 1.29 is 31.5 Å². The third-order valence-electron chi connectivity index (χ3n) is 4.43. The maximum Gasteiger partial charge on any atom is 0.414 e. The van der Waals surface area contributed by atoms with E-state index in [0.717, 1.165) is 22.4 Å². The molecule has 3 rings (SSSR count). The van der Waals surface area contributed by atoms with Crippen molar-refractivity contribution in [2.24, 2.45) is 0 Å². The van der Waals surface area contributed by atoms with Gasteiger partial charge in [0, 0.05) is 23.8 Å². The largest absolute Gasteiger partial charge is 0.442 e. The Labute approximate surface area is 154 Å². The molecule has 2 aliphatic heterocycles. The van der Waals surface area contributed by atoms with Crippen LogP contribution in [0.25, 0.3) is 0 Å². The number of carbonyl (C=O) groups is 2. The number of rotatable bonds is 4. The number of nitrogens with one attached hydrogen (secondary N) is 1. The zero-order chi connectivity index (χ0) is 19.8. The summed E-state index contributed by atoms with van der Waals surface area (Å²) < 4.78 is 57.1. The lowest BCUT2D eigenvalue weighted by Crippen LogP contribution is -2.33. The van der Waals surface area contributed by atoms with E-state index >= 15 is 0 Å². The average Bonchev–Trinajstić information content (AvgIpc) is 2.94. The van der Waals surface area contributed by atoms with Crippen LogP contribution in [0.3, 0.4) is 0 Å². The fraction of sp³-hybridized carbons (Fsp3) is 0.412. The molecular weight excluding hydrogens is 382 g/mol. The molecule has 1 fully saturated rings. The van der Waals surface area contributed by atoms with E-state index < -0.39 is 39.6 Å². The number of allylic oxidation sites excluding steroid dienone is 1. The number of ether oxygens (including phenoxy) is 1. The number of nitrogens with zero attached hydrogens (tertiary/aromatic N) is 1. The van der Waals surface area contributed by atoms with Crippen LogP contribution in [-0.2, 0) is 19.4 Å². The van der Waals surface area contributed by atoms with E-state index in [4.69, 9.17) is 4.74 Å². The Balaban J connectivity index is 1.81. The number of benzene rings is 1. The van der Waals surface area contributed by atoms with Gasteiger partial charge in [-0.1, -0.05) is 6.08 Å². The second kappa shape index (κ2) is 7.26. The molecule has 0 aliphatic carbocycles. The summed E-state index contributed by atoms with van der Waals surface area (Å²) >= 11 is 0. The first-order valence-corrected chi connectivity index (χ1v) is 10.0. The lowest BCUT2D eigenvalue weighted by Gasteiger charge is -2.20. The first-order chi connectivity index (χ1) is 12.7. The summed E-state index contributed by atoms with van der Waals surface area (Å²) in [5, 5.41) is 3.48. The molecule has 1 saturated heterocycles. The molecule has 0 radical (unpaired) electrons. The van der Waals surface area contributed by atoms with Crippen molar-refractivity contribution in [3.8, 4) is 0 Å². The second-order valence-corrected chi connectivity index (χ2v) is 8.47. The minimum absolute atomic E-state index is 0.00325. The van der Waals surface area contributed by atoms with E-state index in [1.807, 2.05) is 0 Å². The number of hydrogen-bond donors (Lipinski definition) is 1. The molecule has 2 aliphatic rings. The van der Waals surface area contributed by atoms with Gasteiger partial charge in [0.25, 0.3) is 0 Å². The molecule has 7 nitrogen and oxygen atoms in total. The number of carbonyl (C=O) groups excluding carboxylic acids is 2. The van der Waals surface area contributed by atoms with Gasteiger partial charge in [-0.05, 0) is 18.6 Å². The molecular formula is C17H18F2N2O5S. The quantitative estimate of drug-likeness (QED) is 0.833. The van der Waals surface area contributed by atoms with Crippen molar-refractivity contribution in [2.75, 3.05) is 23.7 Å². The van der Waals surface area contributed by atoms with Gasteiger partial charge in [0.05, 0.1) is 24.5 Å². The molecule has 0 spiro atoms. The Kier molecular flexibility index (Phi) is 5.18. The van der Waals surface area contributed by atoms with E-state index in [1.54, 1.807) is 0 Å². The summed E-state index contributed by atoms with van der Waals surface area (Å²) in [6, 6.07) is 2.05. The average molecular weight is 400 g/mol. The summed E-state index contributed by atoms with van der Waals surface area (Å²) in [5.74, 6) is -2.89. The maximum absolute atomic E-state index is 14.6. The van der Waals surface area contributed by atoms with Crippen LogP contribution in [0.4, 0.5) is 19.3 Å². The topological polar surface area (TPSA) is 92.8 Å². The first kappa shape index (κ1) is 19.3. The summed E-state index contributed by atoms with van der Waals surface area (Å²) in [5.41, 5.74) is -0.233. The monoisotopic (exact) mass is 400 g/mol. The molecule has 1 aromatic rings. The van der Waals surface area contributed by atoms with Crippen molar-refractivity contribution in [1.82, 2.24) is 5.32 Å². The van der Waals surface area contributed by atoms with E-state index in [-0.39, 0.29) is 42.4 Å². The molecule has 1 aromatic carbocycles. The first-order valence-electron chi connectivity index (χ1n) is 8.29. The van der Waals surface area contributed by atoms with Crippen LogP contribution >= 0.6 is 0 Å². The zero-order valence-electron chi connectivity index (χ0n) is 14.4. The van der Waals surface area contributed by atoms with Gasteiger partial charge >= 0.3 is 6.09 Å². The lowest BCUT2D eigenvalue weighted by molar-refractivity contribution is -0.119. The molecule has 1 N–H and O–H groups in total. The molecule has 0 bridgehead atoms. The normalized spacial score (nSPS) is 24.0. The number of anilines is 1. The third-order valence-corrected chi connectivity index (χ3v) is 5.81. The molecule has 10 heteroatoms. The van der Waals surface area contributed by atoms with Crippen LogP contribution in [0.2, 0.25) is 0 Å². The van der Waals surface area contributed by atoms with Gasteiger partial charge in [0.1, 0.15) is 17.7 Å². The van der Waals surface area contributed by atoms with Crippen LogP contribution in [0.15, 0.2) is 23.6 Å². The van der Waals surface area contributed by atoms with Crippen LogP contribution in [0, 0.1) is 11.6 Å². The summed E-state index contributed by atoms with van der Waals surface area (Å²) in [7, 11) is -3.32. The Morgan fingerprint density at radius 1 is 1.33 bits per heavy atom. The Morgan fingerprint density at radius 2 is 2.00 bits per heavy atom. The fourth-order valence-corrected chi connectivity index (χ4v) is 4.24. The summed E-state index contributed by atoms with van der Waals surface area (Å²) in [4.78, 5) is 24.0. The van der Waals surface area contributed by atoms with Gasteiger partial charge in [-0.3, -0.25) is 9.69 Å². The summed E-state index contributed by atoms with van der Waals surface area (Å²) in [6.07, 6.45) is -0.0383. The predicted molar refractivity (Wildman–Crippen MR) is 92.9 cm³/mol. The van der Waals surface area contributed by atoms with E-state index in [1.165, 1.54) is 13.0 Å². The molecule has 0 aromatic heterocycles. The van der Waals surface area contributed by atoms with Crippen molar-refractivity contribution in [3.63, 3.8) is 0 Å². The van der Waals surface area contributed by atoms with Gasteiger partial charge in [-0.25, -0.2) is 22.0 Å². The standard InChI is InChI=1S/C17H18F2N2O5S/c1-10(22)20-8-13-9-21(17(23)26-13)12-6-14(18)16(15(19)7-12)11-2-4-27(24,25)5-3-11/h2,4,6-7,11,13H,3,5,8-9H2,1H3,(H,20,22)/t11?,13-/m0/s1. The second-order valence-electron chi connectivity index (χ2n) is 6.47. The maximum atomic E-state index is 14.6. The fourth-order valence-electron chi connectivity index (χ4n) is 3.09. The number of sulfone groups is 1.